The number of methoxy groups -OCH3 is 1. The summed E-state index contributed by atoms with van der Waals surface area (Å²) in [4.78, 5) is 20.3. The largest absolute Gasteiger partial charge is 0.497 e. The second-order valence-corrected chi connectivity index (χ2v) is 9.48. The zero-order valence-electron chi connectivity index (χ0n) is 24.9. The molecular formula is C35H32N2O7. The molecule has 2 aromatic heterocycles. The molecule has 0 amide bonds. The quantitative estimate of drug-likeness (QED) is 0.168. The molecular weight excluding hydrogens is 560 g/mol. The lowest BCUT2D eigenvalue weighted by Crippen LogP contribution is -2.10. The lowest BCUT2D eigenvalue weighted by molar-refractivity contribution is -0.139. The van der Waals surface area contributed by atoms with E-state index in [0.717, 1.165) is 28.0 Å². The van der Waals surface area contributed by atoms with Crippen LogP contribution in [-0.4, -0.2) is 34.8 Å². The van der Waals surface area contributed by atoms with Crippen molar-refractivity contribution in [3.05, 3.63) is 102 Å². The second kappa shape index (κ2) is 13.6. The van der Waals surface area contributed by atoms with Gasteiger partial charge in [0.2, 0.25) is 11.8 Å². The molecule has 0 saturated heterocycles. The van der Waals surface area contributed by atoms with E-state index < -0.39 is 12.6 Å². The minimum absolute atomic E-state index is 0.0717. The molecule has 2 heterocycles. The highest BCUT2D eigenvalue weighted by molar-refractivity contribution is 5.85. The topological polar surface area (TPSA) is 117 Å². The van der Waals surface area contributed by atoms with Gasteiger partial charge in [0.1, 0.15) is 28.5 Å². The van der Waals surface area contributed by atoms with Crippen molar-refractivity contribution < 1.29 is 32.9 Å². The molecule has 0 radical (unpaired) electrons. The Morgan fingerprint density at radius 2 is 1.52 bits per heavy atom. The van der Waals surface area contributed by atoms with Crippen molar-refractivity contribution in [3.8, 4) is 51.3 Å². The Labute approximate surface area is 254 Å². The van der Waals surface area contributed by atoms with Crippen LogP contribution in [0.4, 0.5) is 0 Å². The molecule has 0 unspecified atom stereocenters. The number of carbonyl (C=O) groups is 1. The van der Waals surface area contributed by atoms with E-state index in [-0.39, 0.29) is 6.61 Å². The van der Waals surface area contributed by atoms with Crippen LogP contribution in [0, 0.1) is 6.92 Å². The van der Waals surface area contributed by atoms with Crippen molar-refractivity contribution >= 4 is 17.1 Å². The van der Waals surface area contributed by atoms with Crippen molar-refractivity contribution in [1.29, 1.82) is 0 Å². The van der Waals surface area contributed by atoms with E-state index in [1.165, 1.54) is 0 Å². The highest BCUT2D eigenvalue weighted by atomic mass is 16.5. The zero-order chi connectivity index (χ0) is 31.1. The second-order valence-electron chi connectivity index (χ2n) is 9.48. The highest BCUT2D eigenvalue weighted by Gasteiger charge is 2.19. The van der Waals surface area contributed by atoms with Crippen LogP contribution in [0.15, 0.2) is 99.8 Å². The van der Waals surface area contributed by atoms with Gasteiger partial charge < -0.3 is 28.2 Å². The van der Waals surface area contributed by atoms with E-state index in [9.17, 15) is 4.79 Å². The van der Waals surface area contributed by atoms with Gasteiger partial charge in [0.05, 0.1) is 7.11 Å². The van der Waals surface area contributed by atoms with Crippen LogP contribution in [0.5, 0.6) is 17.2 Å². The fourth-order valence-electron chi connectivity index (χ4n) is 4.50. The lowest BCUT2D eigenvalue weighted by Gasteiger charge is -2.09. The van der Waals surface area contributed by atoms with Gasteiger partial charge in [-0.15, -0.1) is 0 Å². The molecule has 4 aromatic carbocycles. The number of hydrogen-bond donors (Lipinski definition) is 1. The molecule has 0 aliphatic heterocycles. The number of hydrogen-bond acceptors (Lipinski definition) is 8. The molecule has 0 aliphatic rings. The molecule has 9 heteroatoms. The van der Waals surface area contributed by atoms with Gasteiger partial charge in [0.15, 0.2) is 24.6 Å². The molecule has 0 atom stereocenters. The third-order valence-corrected chi connectivity index (χ3v) is 6.57. The molecule has 0 bridgehead atoms. The van der Waals surface area contributed by atoms with Crippen LogP contribution in [0.2, 0.25) is 0 Å². The number of aromatic nitrogens is 2. The Kier molecular flexibility index (Phi) is 9.25. The third kappa shape index (κ3) is 6.73. The summed E-state index contributed by atoms with van der Waals surface area (Å²) in [6.07, 6.45) is 0. The first kappa shape index (κ1) is 29.9. The summed E-state index contributed by atoms with van der Waals surface area (Å²) in [5, 5.41) is 8.86. The maximum absolute atomic E-state index is 10.8. The summed E-state index contributed by atoms with van der Waals surface area (Å²) in [6, 6.07) is 28.2. The molecule has 6 rings (SSSR count). The number of carboxylic acids is 1. The van der Waals surface area contributed by atoms with E-state index in [1.54, 1.807) is 25.3 Å². The molecule has 44 heavy (non-hydrogen) atoms. The predicted molar refractivity (Wildman–Crippen MR) is 167 cm³/mol. The van der Waals surface area contributed by atoms with Gasteiger partial charge in [-0.05, 0) is 85.3 Å². The minimum Gasteiger partial charge on any atom is -0.497 e. The van der Waals surface area contributed by atoms with Crippen LogP contribution in [0.25, 0.3) is 45.1 Å². The Hall–Kier alpha value is -5.57. The zero-order valence-corrected chi connectivity index (χ0v) is 24.9. The first-order valence-electron chi connectivity index (χ1n) is 14.2. The summed E-state index contributed by atoms with van der Waals surface area (Å²) < 4.78 is 28.9. The Bertz CT molecular complexity index is 1860. The molecule has 9 nitrogen and oxygen atoms in total. The number of fused-ring (bicyclic) bond motifs is 1. The number of oxazole rings is 2. The number of rotatable bonds is 10. The average Bonchev–Trinajstić information content (AvgIpc) is 3.69. The van der Waals surface area contributed by atoms with Crippen LogP contribution >= 0.6 is 0 Å². The van der Waals surface area contributed by atoms with Crippen molar-refractivity contribution in [3.63, 3.8) is 0 Å². The van der Waals surface area contributed by atoms with Gasteiger partial charge in [-0.25, -0.2) is 14.8 Å². The fourth-order valence-corrected chi connectivity index (χ4v) is 4.50. The number of aryl methyl sites for hydroxylation is 1. The number of aliphatic carboxylic acids is 1. The third-order valence-electron chi connectivity index (χ3n) is 6.57. The summed E-state index contributed by atoms with van der Waals surface area (Å²) in [5.74, 6) is 2.22. The van der Waals surface area contributed by atoms with Crippen molar-refractivity contribution in [1.82, 2.24) is 9.97 Å². The molecule has 1 N–H and O–H groups in total. The van der Waals surface area contributed by atoms with Gasteiger partial charge in [0.25, 0.3) is 0 Å². The molecule has 224 valence electrons. The Morgan fingerprint density at radius 3 is 2.23 bits per heavy atom. The first-order valence-corrected chi connectivity index (χ1v) is 14.2. The summed E-state index contributed by atoms with van der Waals surface area (Å²) >= 11 is 0. The van der Waals surface area contributed by atoms with Crippen LogP contribution in [0.1, 0.15) is 25.3 Å². The average molecular weight is 593 g/mol. The van der Waals surface area contributed by atoms with Crippen molar-refractivity contribution in [2.75, 3.05) is 13.7 Å². The van der Waals surface area contributed by atoms with E-state index in [4.69, 9.17) is 38.1 Å². The fraction of sp³-hybridized carbons (Fsp3) is 0.171. The first-order chi connectivity index (χ1) is 21.5. The van der Waals surface area contributed by atoms with E-state index >= 15 is 0 Å². The molecule has 0 saturated carbocycles. The molecule has 0 fully saturated rings. The van der Waals surface area contributed by atoms with Crippen LogP contribution < -0.4 is 14.2 Å². The standard InChI is InChI=1S/C33H26N2O7.C2H6/c1-20-16-25(13-15-27(20)40-19-30(36)37)39-18-29-35-31(21-8-11-24(38-2)12-9-21)32(42-29)23-10-14-28-26(17-23)34-33(41-28)22-6-4-3-5-7-22;1-2/h3-17H,18-19H2,1-2H3,(H,36,37);1-2H3. The monoisotopic (exact) mass is 592 g/mol. The number of benzene rings is 4. The maximum atomic E-state index is 10.8. The van der Waals surface area contributed by atoms with Crippen LogP contribution in [0.3, 0.4) is 0 Å². The Balaban J connectivity index is 0.00000188. The minimum atomic E-state index is -1.04. The highest BCUT2D eigenvalue weighted by Crippen LogP contribution is 2.36. The Morgan fingerprint density at radius 1 is 0.795 bits per heavy atom. The van der Waals surface area contributed by atoms with Crippen LogP contribution in [-0.2, 0) is 11.4 Å². The van der Waals surface area contributed by atoms with Crippen molar-refractivity contribution in [2.45, 2.75) is 27.4 Å². The maximum Gasteiger partial charge on any atom is 0.341 e. The normalized spacial score (nSPS) is 10.6. The molecule has 6 aromatic rings. The van der Waals surface area contributed by atoms with Gasteiger partial charge in [0, 0.05) is 16.7 Å². The molecule has 0 aliphatic carbocycles. The smallest absolute Gasteiger partial charge is 0.341 e. The summed E-state index contributed by atoms with van der Waals surface area (Å²) in [5.41, 5.74) is 5.29. The van der Waals surface area contributed by atoms with Gasteiger partial charge >= 0.3 is 5.97 Å². The number of nitrogens with zero attached hydrogens (tertiary/aromatic N) is 2. The van der Waals surface area contributed by atoms with Gasteiger partial charge in [-0.1, -0.05) is 32.0 Å². The van der Waals surface area contributed by atoms with Gasteiger partial charge in [-0.2, -0.15) is 0 Å². The number of carboxylic acid groups (broad SMARTS) is 1. The lowest BCUT2D eigenvalue weighted by atomic mass is 10.1. The van der Waals surface area contributed by atoms with Gasteiger partial charge in [-0.3, -0.25) is 0 Å². The van der Waals surface area contributed by atoms with Crippen molar-refractivity contribution in [2.24, 2.45) is 0 Å². The summed E-state index contributed by atoms with van der Waals surface area (Å²) in [6.45, 7) is 5.47. The van der Waals surface area contributed by atoms with E-state index in [2.05, 4.69) is 0 Å². The summed E-state index contributed by atoms with van der Waals surface area (Å²) in [7, 11) is 1.62. The van der Waals surface area contributed by atoms with E-state index in [1.807, 2.05) is 93.6 Å². The SMILES string of the molecule is CC.COc1ccc(-c2nc(COc3ccc(OCC(=O)O)c(C)c3)oc2-c2ccc3oc(-c4ccccc4)nc3c2)cc1. The predicted octanol–water partition coefficient (Wildman–Crippen LogP) is 8.20. The molecule has 0 spiro atoms. The number of ether oxygens (including phenoxy) is 3. The van der Waals surface area contributed by atoms with E-state index in [0.29, 0.717) is 45.8 Å².